The van der Waals surface area contributed by atoms with Crippen molar-refractivity contribution < 1.29 is 9.53 Å². The minimum atomic E-state index is -0.364. The van der Waals surface area contributed by atoms with E-state index in [1.165, 1.54) is 6.21 Å². The van der Waals surface area contributed by atoms with Gasteiger partial charge in [-0.25, -0.2) is 5.43 Å². The maximum Gasteiger partial charge on any atom is 0.277 e. The molecule has 0 saturated heterocycles. The molecule has 1 aromatic heterocycles. The minimum absolute atomic E-state index is 0.148. The van der Waals surface area contributed by atoms with Gasteiger partial charge >= 0.3 is 0 Å². The molecule has 0 radical (unpaired) electrons. The number of hydrazone groups is 1. The van der Waals surface area contributed by atoms with Crippen LogP contribution in [0.3, 0.4) is 0 Å². The highest BCUT2D eigenvalue weighted by molar-refractivity contribution is 9.10. The summed E-state index contributed by atoms with van der Waals surface area (Å²) < 4.78 is 6.03. The van der Waals surface area contributed by atoms with Crippen molar-refractivity contribution in [2.45, 2.75) is 0 Å². The summed E-state index contributed by atoms with van der Waals surface area (Å²) in [6.07, 6.45) is 4.80. The Kier molecular flexibility index (Phi) is 5.71. The molecule has 1 heterocycles. The number of halogens is 2. The maximum absolute atomic E-state index is 11.6. The Morgan fingerprint density at radius 3 is 3.05 bits per heavy atom. The highest BCUT2D eigenvalue weighted by Gasteiger charge is 2.05. The fourth-order valence-corrected chi connectivity index (χ4v) is 2.20. The molecule has 0 unspecified atom stereocenters. The van der Waals surface area contributed by atoms with Crippen LogP contribution in [0.25, 0.3) is 0 Å². The van der Waals surface area contributed by atoms with Crippen molar-refractivity contribution in [3.8, 4) is 5.75 Å². The first-order valence-corrected chi connectivity index (χ1v) is 7.12. The summed E-state index contributed by atoms with van der Waals surface area (Å²) in [5, 5.41) is 4.40. The zero-order valence-corrected chi connectivity index (χ0v) is 13.1. The monoisotopic (exact) mass is 367 g/mol. The lowest BCUT2D eigenvalue weighted by Crippen LogP contribution is -2.24. The van der Waals surface area contributed by atoms with Gasteiger partial charge in [0.15, 0.2) is 6.61 Å². The second-order valence-corrected chi connectivity index (χ2v) is 5.23. The molecular formula is C14H11BrClN3O2. The second kappa shape index (κ2) is 7.75. The number of aromatic nitrogens is 1. The Balaban J connectivity index is 1.81. The quantitative estimate of drug-likeness (QED) is 0.652. The largest absolute Gasteiger partial charge is 0.483 e. The number of hydrogen-bond acceptors (Lipinski definition) is 4. The van der Waals surface area contributed by atoms with Gasteiger partial charge in [0.25, 0.3) is 5.91 Å². The molecule has 0 aliphatic rings. The Labute approximate surface area is 135 Å². The molecule has 108 valence electrons. The lowest BCUT2D eigenvalue weighted by atomic mass is 10.3. The number of nitrogens with one attached hydrogen (secondary N) is 1. The van der Waals surface area contributed by atoms with Crippen LogP contribution >= 0.6 is 27.5 Å². The molecule has 0 atom stereocenters. The molecule has 1 aromatic carbocycles. The standard InChI is InChI=1S/C14H11BrClN3O2/c15-12-6-11(16)3-4-13(12)21-9-14(20)19-18-8-10-2-1-5-17-7-10/h1-8H,9H2,(H,19,20)/b18-8+. The fraction of sp³-hybridized carbons (Fsp3) is 0.0714. The van der Waals surface area contributed by atoms with E-state index in [9.17, 15) is 4.79 Å². The Bertz CT molecular complexity index is 650. The van der Waals surface area contributed by atoms with Crippen LogP contribution in [0.2, 0.25) is 5.02 Å². The Morgan fingerprint density at radius 1 is 1.48 bits per heavy atom. The summed E-state index contributed by atoms with van der Waals surface area (Å²) in [4.78, 5) is 15.5. The summed E-state index contributed by atoms with van der Waals surface area (Å²) in [5.74, 6) is 0.169. The van der Waals surface area contributed by atoms with Gasteiger partial charge in [-0.2, -0.15) is 5.10 Å². The second-order valence-electron chi connectivity index (χ2n) is 3.94. The van der Waals surface area contributed by atoms with Gasteiger partial charge in [0, 0.05) is 23.0 Å². The first-order valence-electron chi connectivity index (χ1n) is 5.95. The predicted octanol–water partition coefficient (Wildman–Crippen LogP) is 3.03. The summed E-state index contributed by atoms with van der Waals surface area (Å²) in [6.45, 7) is -0.148. The molecule has 2 aromatic rings. The van der Waals surface area contributed by atoms with Gasteiger partial charge in [0.2, 0.25) is 0 Å². The summed E-state index contributed by atoms with van der Waals surface area (Å²) in [5.41, 5.74) is 3.16. The van der Waals surface area contributed by atoms with Gasteiger partial charge < -0.3 is 4.74 Å². The van der Waals surface area contributed by atoms with Crippen LogP contribution in [-0.2, 0) is 4.79 Å². The van der Waals surface area contributed by atoms with Crippen LogP contribution in [0.4, 0.5) is 0 Å². The van der Waals surface area contributed by atoms with E-state index in [0.717, 1.165) is 5.56 Å². The van der Waals surface area contributed by atoms with Gasteiger partial charge in [-0.3, -0.25) is 9.78 Å². The number of nitrogens with zero attached hydrogens (tertiary/aromatic N) is 2. The van der Waals surface area contributed by atoms with Gasteiger partial charge in [-0.05, 0) is 40.2 Å². The molecule has 5 nitrogen and oxygen atoms in total. The third-order valence-electron chi connectivity index (χ3n) is 2.34. The molecule has 1 amide bonds. The lowest BCUT2D eigenvalue weighted by molar-refractivity contribution is -0.123. The number of benzene rings is 1. The molecule has 0 aliphatic heterocycles. The van der Waals surface area contributed by atoms with E-state index in [1.54, 1.807) is 36.7 Å². The molecule has 2 rings (SSSR count). The number of ether oxygens (including phenoxy) is 1. The summed E-state index contributed by atoms with van der Waals surface area (Å²) in [6, 6.07) is 8.66. The maximum atomic E-state index is 11.6. The van der Waals surface area contributed by atoms with Crippen molar-refractivity contribution in [2.24, 2.45) is 5.10 Å². The molecule has 0 spiro atoms. The molecule has 0 aliphatic carbocycles. The van der Waals surface area contributed by atoms with Crippen molar-refractivity contribution in [3.63, 3.8) is 0 Å². The van der Waals surface area contributed by atoms with E-state index >= 15 is 0 Å². The Morgan fingerprint density at radius 2 is 2.33 bits per heavy atom. The van der Waals surface area contributed by atoms with E-state index < -0.39 is 0 Å². The van der Waals surface area contributed by atoms with Gasteiger partial charge in [-0.15, -0.1) is 0 Å². The molecule has 0 bridgehead atoms. The smallest absolute Gasteiger partial charge is 0.277 e. The number of amides is 1. The van der Waals surface area contributed by atoms with Crippen molar-refractivity contribution >= 4 is 39.7 Å². The van der Waals surface area contributed by atoms with Crippen LogP contribution in [-0.4, -0.2) is 23.7 Å². The van der Waals surface area contributed by atoms with E-state index in [4.69, 9.17) is 16.3 Å². The van der Waals surface area contributed by atoms with Crippen LogP contribution < -0.4 is 10.2 Å². The highest BCUT2D eigenvalue weighted by atomic mass is 79.9. The van der Waals surface area contributed by atoms with E-state index in [1.807, 2.05) is 6.07 Å². The lowest BCUT2D eigenvalue weighted by Gasteiger charge is -2.07. The molecule has 0 saturated carbocycles. The van der Waals surface area contributed by atoms with Crippen molar-refractivity contribution in [1.82, 2.24) is 10.4 Å². The van der Waals surface area contributed by atoms with Crippen LogP contribution in [0.1, 0.15) is 5.56 Å². The van der Waals surface area contributed by atoms with Crippen molar-refractivity contribution in [2.75, 3.05) is 6.61 Å². The van der Waals surface area contributed by atoms with Crippen LogP contribution in [0.5, 0.6) is 5.75 Å². The molecule has 7 heteroatoms. The third-order valence-corrected chi connectivity index (χ3v) is 3.19. The number of carbonyl (C=O) groups excluding carboxylic acids is 1. The van der Waals surface area contributed by atoms with Crippen LogP contribution in [0.15, 0.2) is 52.3 Å². The first-order chi connectivity index (χ1) is 10.1. The number of rotatable bonds is 5. The first kappa shape index (κ1) is 15.5. The van der Waals surface area contributed by atoms with Gasteiger partial charge in [0.1, 0.15) is 5.75 Å². The van der Waals surface area contributed by atoms with E-state index in [-0.39, 0.29) is 12.5 Å². The number of hydrogen-bond donors (Lipinski definition) is 1. The average molecular weight is 369 g/mol. The highest BCUT2D eigenvalue weighted by Crippen LogP contribution is 2.27. The molecule has 21 heavy (non-hydrogen) atoms. The summed E-state index contributed by atoms with van der Waals surface area (Å²) in [7, 11) is 0. The fourth-order valence-electron chi connectivity index (χ4n) is 1.40. The normalized spacial score (nSPS) is 10.6. The molecular weight excluding hydrogens is 358 g/mol. The van der Waals surface area contributed by atoms with Crippen molar-refractivity contribution in [1.29, 1.82) is 0 Å². The topological polar surface area (TPSA) is 63.6 Å². The van der Waals surface area contributed by atoms with E-state index in [2.05, 4.69) is 31.4 Å². The summed E-state index contributed by atoms with van der Waals surface area (Å²) >= 11 is 9.12. The van der Waals surface area contributed by atoms with Gasteiger partial charge in [-0.1, -0.05) is 17.7 Å². The Hall–Kier alpha value is -1.92. The number of carbonyl (C=O) groups is 1. The third kappa shape index (κ3) is 5.17. The molecule has 1 N–H and O–H groups in total. The average Bonchev–Trinajstić information content (AvgIpc) is 2.47. The zero-order valence-electron chi connectivity index (χ0n) is 10.8. The number of pyridine rings is 1. The van der Waals surface area contributed by atoms with Crippen molar-refractivity contribution in [3.05, 3.63) is 57.8 Å². The van der Waals surface area contributed by atoms with Gasteiger partial charge in [0.05, 0.1) is 10.7 Å². The predicted molar refractivity (Wildman–Crippen MR) is 84.6 cm³/mol. The van der Waals surface area contributed by atoms with E-state index in [0.29, 0.717) is 15.2 Å². The zero-order chi connectivity index (χ0) is 15.1. The minimum Gasteiger partial charge on any atom is -0.483 e. The van der Waals surface area contributed by atoms with Crippen LogP contribution in [0, 0.1) is 0 Å². The SMILES string of the molecule is O=C(COc1ccc(Cl)cc1Br)N/N=C/c1cccnc1. The molecule has 0 fully saturated rings.